The number of halogens is 1. The van der Waals surface area contributed by atoms with Gasteiger partial charge in [0.2, 0.25) is 10.0 Å². The summed E-state index contributed by atoms with van der Waals surface area (Å²) in [5, 5.41) is 0. The Bertz CT molecular complexity index is 1130. The van der Waals surface area contributed by atoms with E-state index in [-0.39, 0.29) is 10.6 Å². The fourth-order valence-electron chi connectivity index (χ4n) is 2.83. The van der Waals surface area contributed by atoms with Crippen LogP contribution in [0.3, 0.4) is 0 Å². The number of carbonyl (C=O) groups is 2. The fourth-order valence-corrected chi connectivity index (χ4v) is 3.97. The van der Waals surface area contributed by atoms with Crippen molar-refractivity contribution < 1.29 is 36.6 Å². The lowest BCUT2D eigenvalue weighted by Gasteiger charge is -2.19. The summed E-state index contributed by atoms with van der Waals surface area (Å²) in [5.41, 5.74) is 4.24. The molecule has 178 valence electrons. The van der Waals surface area contributed by atoms with Crippen LogP contribution in [-0.4, -0.2) is 57.4 Å². The average molecular weight is 482 g/mol. The fraction of sp³-hybridized carbons (Fsp3) is 0.333. The van der Waals surface area contributed by atoms with Gasteiger partial charge in [0, 0.05) is 19.5 Å². The molecular formula is C21H24FN3O7S. The summed E-state index contributed by atoms with van der Waals surface area (Å²) < 4.78 is 56.3. The second kappa shape index (κ2) is 10.5. The van der Waals surface area contributed by atoms with E-state index in [0.29, 0.717) is 31.1 Å². The van der Waals surface area contributed by atoms with Gasteiger partial charge in [-0.05, 0) is 31.2 Å². The number of fused-ring (bicyclic) bond motifs is 1. The van der Waals surface area contributed by atoms with Crippen LogP contribution in [0.1, 0.15) is 13.3 Å². The van der Waals surface area contributed by atoms with Gasteiger partial charge >= 0.3 is 0 Å². The zero-order chi connectivity index (χ0) is 24.0. The molecule has 0 unspecified atom stereocenters. The van der Waals surface area contributed by atoms with Crippen molar-refractivity contribution in [3.8, 4) is 17.2 Å². The number of hydrogen-bond acceptors (Lipinski definition) is 7. The van der Waals surface area contributed by atoms with Gasteiger partial charge in [-0.1, -0.05) is 12.1 Å². The summed E-state index contributed by atoms with van der Waals surface area (Å²) in [4.78, 5) is 24.2. The van der Waals surface area contributed by atoms with Crippen molar-refractivity contribution in [2.45, 2.75) is 24.3 Å². The van der Waals surface area contributed by atoms with Gasteiger partial charge in [-0.3, -0.25) is 20.4 Å². The van der Waals surface area contributed by atoms with E-state index in [2.05, 4.69) is 10.9 Å². The first-order chi connectivity index (χ1) is 15.7. The molecule has 1 aliphatic rings. The molecule has 2 aromatic carbocycles. The zero-order valence-electron chi connectivity index (χ0n) is 18.0. The summed E-state index contributed by atoms with van der Waals surface area (Å²) in [6.07, 6.45) is -0.447. The molecule has 0 saturated heterocycles. The SMILES string of the molecule is C[C@@H](Oc1ccccc1F)C(=O)NNC(=O)CN(C)S(=O)(=O)c1ccc2c(c1)OCCCO2. The van der Waals surface area contributed by atoms with E-state index in [4.69, 9.17) is 14.2 Å². The Morgan fingerprint density at radius 3 is 2.55 bits per heavy atom. The summed E-state index contributed by atoms with van der Waals surface area (Å²) in [6, 6.07) is 9.76. The number of amides is 2. The number of hydrogen-bond donors (Lipinski definition) is 2. The third-order valence-electron chi connectivity index (χ3n) is 4.63. The van der Waals surface area contributed by atoms with Crippen LogP contribution in [0.15, 0.2) is 47.4 Å². The Morgan fingerprint density at radius 1 is 1.12 bits per heavy atom. The van der Waals surface area contributed by atoms with Crippen LogP contribution in [0.5, 0.6) is 17.2 Å². The Labute approximate surface area is 190 Å². The number of nitrogens with one attached hydrogen (secondary N) is 2. The van der Waals surface area contributed by atoms with Crippen molar-refractivity contribution >= 4 is 21.8 Å². The van der Waals surface area contributed by atoms with Crippen LogP contribution in [0, 0.1) is 5.82 Å². The van der Waals surface area contributed by atoms with Crippen LogP contribution in [-0.2, 0) is 19.6 Å². The maximum absolute atomic E-state index is 13.6. The number of rotatable bonds is 7. The molecule has 0 aromatic heterocycles. The summed E-state index contributed by atoms with van der Waals surface area (Å²) in [6.45, 7) is 1.66. The number of hydrazine groups is 1. The maximum atomic E-state index is 13.6. The van der Waals surface area contributed by atoms with Gasteiger partial charge in [-0.25, -0.2) is 12.8 Å². The third-order valence-corrected chi connectivity index (χ3v) is 6.43. The molecule has 0 bridgehead atoms. The van der Waals surface area contributed by atoms with Gasteiger partial charge in [-0.2, -0.15) is 4.31 Å². The minimum atomic E-state index is -4.02. The molecule has 12 heteroatoms. The molecular weight excluding hydrogens is 457 g/mol. The summed E-state index contributed by atoms with van der Waals surface area (Å²) >= 11 is 0. The first kappa shape index (κ1) is 24.3. The van der Waals surface area contributed by atoms with Crippen LogP contribution in [0.2, 0.25) is 0 Å². The Kier molecular flexibility index (Phi) is 7.71. The van der Waals surface area contributed by atoms with Crippen LogP contribution < -0.4 is 25.1 Å². The average Bonchev–Trinajstić information content (AvgIpc) is 3.03. The van der Waals surface area contributed by atoms with Gasteiger partial charge in [0.1, 0.15) is 0 Å². The second-order valence-corrected chi connectivity index (χ2v) is 9.19. The van der Waals surface area contributed by atoms with E-state index in [1.807, 2.05) is 0 Å². The molecule has 2 aromatic rings. The van der Waals surface area contributed by atoms with Gasteiger partial charge in [0.05, 0.1) is 24.7 Å². The molecule has 0 spiro atoms. The molecule has 0 fully saturated rings. The maximum Gasteiger partial charge on any atom is 0.279 e. The van der Waals surface area contributed by atoms with Crippen molar-refractivity contribution in [2.75, 3.05) is 26.8 Å². The van der Waals surface area contributed by atoms with E-state index in [9.17, 15) is 22.4 Å². The largest absolute Gasteiger partial charge is 0.490 e. The quantitative estimate of drug-likeness (QED) is 0.570. The molecule has 2 N–H and O–H groups in total. The van der Waals surface area contributed by atoms with Crippen molar-refractivity contribution in [2.24, 2.45) is 0 Å². The third kappa shape index (κ3) is 6.11. The molecule has 0 aliphatic carbocycles. The number of sulfonamides is 1. The van der Waals surface area contributed by atoms with Gasteiger partial charge in [0.25, 0.3) is 11.8 Å². The monoisotopic (exact) mass is 481 g/mol. The normalized spacial score (nSPS) is 14.2. The Morgan fingerprint density at radius 2 is 1.82 bits per heavy atom. The van der Waals surface area contributed by atoms with E-state index in [1.165, 1.54) is 50.4 Å². The predicted molar refractivity (Wildman–Crippen MR) is 115 cm³/mol. The Balaban J connectivity index is 1.54. The smallest absolute Gasteiger partial charge is 0.279 e. The van der Waals surface area contributed by atoms with Gasteiger partial charge in [0.15, 0.2) is 29.2 Å². The van der Waals surface area contributed by atoms with Gasteiger partial charge in [-0.15, -0.1) is 0 Å². The molecule has 1 heterocycles. The van der Waals surface area contributed by atoms with Crippen molar-refractivity contribution in [3.05, 3.63) is 48.3 Å². The Hall–Kier alpha value is -3.38. The van der Waals surface area contributed by atoms with E-state index in [0.717, 1.165) is 4.31 Å². The number of ether oxygens (including phenoxy) is 3. The minimum absolute atomic E-state index is 0.0713. The number of likely N-dealkylation sites (N-methyl/N-ethyl adjacent to an activating group) is 1. The molecule has 2 amide bonds. The lowest BCUT2D eigenvalue weighted by molar-refractivity contribution is -0.132. The van der Waals surface area contributed by atoms with Crippen LogP contribution in [0.4, 0.5) is 4.39 Å². The van der Waals surface area contributed by atoms with E-state index >= 15 is 0 Å². The molecule has 3 rings (SSSR count). The van der Waals surface area contributed by atoms with Crippen LogP contribution in [0.25, 0.3) is 0 Å². The minimum Gasteiger partial charge on any atom is -0.490 e. The molecule has 0 saturated carbocycles. The highest BCUT2D eigenvalue weighted by molar-refractivity contribution is 7.89. The highest BCUT2D eigenvalue weighted by Gasteiger charge is 2.25. The number of carbonyl (C=O) groups excluding carboxylic acids is 2. The number of nitrogens with zero attached hydrogens (tertiary/aromatic N) is 1. The van der Waals surface area contributed by atoms with Crippen molar-refractivity contribution in [1.29, 1.82) is 0 Å². The zero-order valence-corrected chi connectivity index (χ0v) is 18.9. The van der Waals surface area contributed by atoms with E-state index < -0.39 is 40.3 Å². The summed E-state index contributed by atoms with van der Waals surface area (Å²) in [7, 11) is -2.80. The molecule has 1 atom stereocenters. The van der Waals surface area contributed by atoms with E-state index in [1.54, 1.807) is 6.07 Å². The number of benzene rings is 2. The standard InChI is InChI=1S/C21H24FN3O7S/c1-14(32-17-7-4-3-6-16(17)22)21(27)24-23-20(26)13-25(2)33(28,29)15-8-9-18-19(12-15)31-11-5-10-30-18/h3-4,6-9,12,14H,5,10-11,13H2,1-2H3,(H,23,26)(H,24,27)/t14-/m1/s1. The van der Waals surface area contributed by atoms with Crippen LogP contribution >= 0.6 is 0 Å². The second-order valence-electron chi connectivity index (χ2n) is 7.15. The highest BCUT2D eigenvalue weighted by Crippen LogP contribution is 2.32. The summed E-state index contributed by atoms with van der Waals surface area (Å²) in [5.74, 6) is -1.54. The molecule has 33 heavy (non-hydrogen) atoms. The first-order valence-corrected chi connectivity index (χ1v) is 11.5. The lowest BCUT2D eigenvalue weighted by atomic mass is 10.3. The first-order valence-electron chi connectivity index (χ1n) is 10.0. The molecule has 0 radical (unpaired) electrons. The lowest BCUT2D eigenvalue weighted by Crippen LogP contribution is -2.50. The van der Waals surface area contributed by atoms with Gasteiger partial charge < -0.3 is 14.2 Å². The molecule has 1 aliphatic heterocycles. The predicted octanol–water partition coefficient (Wildman–Crippen LogP) is 1.22. The number of para-hydroxylation sites is 1. The van der Waals surface area contributed by atoms with Crippen molar-refractivity contribution in [3.63, 3.8) is 0 Å². The highest BCUT2D eigenvalue weighted by atomic mass is 32.2. The molecule has 10 nitrogen and oxygen atoms in total. The topological polar surface area (TPSA) is 123 Å². The van der Waals surface area contributed by atoms with Crippen molar-refractivity contribution in [1.82, 2.24) is 15.2 Å².